The second-order valence-corrected chi connectivity index (χ2v) is 6.51. The minimum absolute atomic E-state index is 0.0105. The smallest absolute Gasteiger partial charge is 0.266 e. The number of nitrogens with one attached hydrogen (secondary N) is 2. The van der Waals surface area contributed by atoms with Crippen LogP contribution in [0, 0.1) is 0 Å². The Morgan fingerprint density at radius 1 is 1.16 bits per heavy atom. The third-order valence-electron chi connectivity index (χ3n) is 4.78. The zero-order chi connectivity index (χ0) is 17.2. The van der Waals surface area contributed by atoms with Crippen molar-refractivity contribution in [2.45, 2.75) is 37.8 Å². The van der Waals surface area contributed by atoms with Crippen molar-refractivity contribution in [1.29, 1.82) is 0 Å². The number of rotatable bonds is 3. The molecule has 0 spiro atoms. The van der Waals surface area contributed by atoms with E-state index in [4.69, 9.17) is 4.74 Å². The summed E-state index contributed by atoms with van der Waals surface area (Å²) in [7, 11) is 0. The minimum atomic E-state index is -0.797. The molecule has 0 aromatic heterocycles. The summed E-state index contributed by atoms with van der Waals surface area (Å²) in [6, 6.07) is 15.5. The van der Waals surface area contributed by atoms with E-state index < -0.39 is 6.10 Å². The van der Waals surface area contributed by atoms with Gasteiger partial charge >= 0.3 is 0 Å². The first-order chi connectivity index (χ1) is 12.2. The first kappa shape index (κ1) is 15.7. The third kappa shape index (κ3) is 3.22. The fourth-order valence-electron chi connectivity index (χ4n) is 3.55. The van der Waals surface area contributed by atoms with Crippen LogP contribution in [-0.4, -0.2) is 17.9 Å². The largest absolute Gasteiger partial charge is 0.478 e. The van der Waals surface area contributed by atoms with Crippen molar-refractivity contribution in [1.82, 2.24) is 5.32 Å². The Balaban J connectivity index is 1.43. The monoisotopic (exact) mass is 336 g/mol. The molecule has 1 aliphatic heterocycles. The van der Waals surface area contributed by atoms with Crippen LogP contribution in [0.2, 0.25) is 0 Å². The van der Waals surface area contributed by atoms with Gasteiger partial charge in [0.2, 0.25) is 5.91 Å². The Bertz CT molecular complexity index is 818. The van der Waals surface area contributed by atoms with Gasteiger partial charge in [-0.2, -0.15) is 0 Å². The second-order valence-electron chi connectivity index (χ2n) is 6.51. The molecule has 2 aliphatic rings. The van der Waals surface area contributed by atoms with Gasteiger partial charge in [-0.05, 0) is 42.5 Å². The molecule has 128 valence electrons. The molecule has 2 amide bonds. The summed E-state index contributed by atoms with van der Waals surface area (Å²) in [4.78, 5) is 24.6. The number of benzene rings is 2. The zero-order valence-electron chi connectivity index (χ0n) is 13.8. The van der Waals surface area contributed by atoms with E-state index in [9.17, 15) is 9.59 Å². The lowest BCUT2D eigenvalue weighted by atomic mass is 9.87. The molecule has 2 N–H and O–H groups in total. The van der Waals surface area contributed by atoms with Gasteiger partial charge in [-0.15, -0.1) is 0 Å². The number of aryl methyl sites for hydroxylation is 1. The summed E-state index contributed by atoms with van der Waals surface area (Å²) in [5.41, 5.74) is 3.12. The van der Waals surface area contributed by atoms with Gasteiger partial charge in [-0.1, -0.05) is 36.4 Å². The van der Waals surface area contributed by atoms with Crippen LogP contribution in [0.3, 0.4) is 0 Å². The number of amides is 2. The van der Waals surface area contributed by atoms with Crippen molar-refractivity contribution in [3.05, 3.63) is 59.7 Å². The van der Waals surface area contributed by atoms with Crippen molar-refractivity contribution < 1.29 is 14.3 Å². The molecule has 5 nitrogen and oxygen atoms in total. The standard InChI is InChI=1S/C20H20N2O3/c23-19(21-15-10-5-7-13-6-1-2-8-14(13)15)12-18-20(24)22-16-9-3-4-11-17(16)25-18/h1-4,6,8-9,11,15,18H,5,7,10,12H2,(H,21,23)(H,22,24)/t15-,18+/m0/s1. The lowest BCUT2D eigenvalue weighted by molar-refractivity contribution is -0.131. The van der Waals surface area contributed by atoms with Gasteiger partial charge in [0.1, 0.15) is 5.75 Å². The van der Waals surface area contributed by atoms with E-state index in [2.05, 4.69) is 22.8 Å². The van der Waals surface area contributed by atoms with E-state index in [1.165, 1.54) is 11.1 Å². The molecule has 1 aliphatic carbocycles. The van der Waals surface area contributed by atoms with Crippen molar-refractivity contribution >= 4 is 17.5 Å². The van der Waals surface area contributed by atoms with E-state index in [1.807, 2.05) is 24.3 Å². The van der Waals surface area contributed by atoms with Crippen LogP contribution < -0.4 is 15.4 Å². The van der Waals surface area contributed by atoms with Crippen molar-refractivity contribution in [3.8, 4) is 5.75 Å². The summed E-state index contributed by atoms with van der Waals surface area (Å²) in [6.07, 6.45) is 2.24. The highest BCUT2D eigenvalue weighted by Gasteiger charge is 2.30. The number of carbonyl (C=O) groups is 2. The minimum Gasteiger partial charge on any atom is -0.478 e. The van der Waals surface area contributed by atoms with Gasteiger partial charge in [-0.3, -0.25) is 9.59 Å². The van der Waals surface area contributed by atoms with Gasteiger partial charge in [0.25, 0.3) is 5.91 Å². The van der Waals surface area contributed by atoms with Gasteiger partial charge in [0.15, 0.2) is 6.10 Å². The average molecular weight is 336 g/mol. The molecule has 1 heterocycles. The molecule has 4 rings (SSSR count). The fourth-order valence-corrected chi connectivity index (χ4v) is 3.55. The SMILES string of the molecule is O=C(C[C@H]1Oc2ccccc2NC1=O)N[C@H]1CCCc2ccccc21. The summed E-state index contributed by atoms with van der Waals surface area (Å²) in [5, 5.41) is 5.86. The number of anilines is 1. The molecular weight excluding hydrogens is 316 g/mol. The van der Waals surface area contributed by atoms with Crippen molar-refractivity contribution in [2.24, 2.45) is 0 Å². The molecule has 0 radical (unpaired) electrons. The first-order valence-corrected chi connectivity index (χ1v) is 8.64. The molecular formula is C20H20N2O3. The Morgan fingerprint density at radius 3 is 2.88 bits per heavy atom. The van der Waals surface area contributed by atoms with Gasteiger partial charge in [0.05, 0.1) is 18.2 Å². The number of fused-ring (bicyclic) bond motifs is 2. The van der Waals surface area contributed by atoms with Gasteiger partial charge in [-0.25, -0.2) is 0 Å². The van der Waals surface area contributed by atoms with Crippen LogP contribution in [0.1, 0.15) is 36.4 Å². The van der Waals surface area contributed by atoms with Gasteiger partial charge in [0, 0.05) is 0 Å². The van der Waals surface area contributed by atoms with Crippen LogP contribution in [0.4, 0.5) is 5.69 Å². The van der Waals surface area contributed by atoms with Crippen LogP contribution >= 0.6 is 0 Å². The topological polar surface area (TPSA) is 67.4 Å². The Morgan fingerprint density at radius 2 is 1.96 bits per heavy atom. The van der Waals surface area contributed by atoms with Crippen LogP contribution in [-0.2, 0) is 16.0 Å². The van der Waals surface area contributed by atoms with E-state index in [0.29, 0.717) is 11.4 Å². The summed E-state index contributed by atoms with van der Waals surface area (Å²) in [5.74, 6) is 0.155. The number of carbonyl (C=O) groups excluding carboxylic acids is 2. The maximum absolute atomic E-state index is 12.5. The van der Waals surface area contributed by atoms with Crippen LogP contribution in [0.5, 0.6) is 5.75 Å². The van der Waals surface area contributed by atoms with E-state index >= 15 is 0 Å². The normalized spacial score (nSPS) is 21.4. The molecule has 0 saturated heterocycles. The van der Waals surface area contributed by atoms with Crippen molar-refractivity contribution in [2.75, 3.05) is 5.32 Å². The molecule has 25 heavy (non-hydrogen) atoms. The molecule has 2 atom stereocenters. The molecule has 0 unspecified atom stereocenters. The van der Waals surface area contributed by atoms with E-state index in [1.54, 1.807) is 12.1 Å². The third-order valence-corrected chi connectivity index (χ3v) is 4.78. The second kappa shape index (κ2) is 6.59. The van der Waals surface area contributed by atoms with Crippen LogP contribution in [0.25, 0.3) is 0 Å². The highest BCUT2D eigenvalue weighted by molar-refractivity contribution is 5.99. The molecule has 0 saturated carbocycles. The lowest BCUT2D eigenvalue weighted by Crippen LogP contribution is -2.42. The number of hydrogen-bond donors (Lipinski definition) is 2. The highest BCUT2D eigenvalue weighted by atomic mass is 16.5. The highest BCUT2D eigenvalue weighted by Crippen LogP contribution is 2.31. The average Bonchev–Trinajstić information content (AvgIpc) is 2.63. The zero-order valence-corrected chi connectivity index (χ0v) is 13.8. The van der Waals surface area contributed by atoms with Gasteiger partial charge < -0.3 is 15.4 Å². The summed E-state index contributed by atoms with van der Waals surface area (Å²) in [6.45, 7) is 0. The maximum atomic E-state index is 12.5. The summed E-state index contributed by atoms with van der Waals surface area (Å²) >= 11 is 0. The number of para-hydroxylation sites is 2. The van der Waals surface area contributed by atoms with Crippen molar-refractivity contribution in [3.63, 3.8) is 0 Å². The number of hydrogen-bond acceptors (Lipinski definition) is 3. The lowest BCUT2D eigenvalue weighted by Gasteiger charge is -2.28. The van der Waals surface area contributed by atoms with E-state index in [0.717, 1.165) is 19.3 Å². The molecule has 0 fully saturated rings. The molecule has 2 aromatic rings. The quantitative estimate of drug-likeness (QED) is 0.905. The molecule has 5 heteroatoms. The Kier molecular flexibility index (Phi) is 4.14. The first-order valence-electron chi connectivity index (χ1n) is 8.64. The Hall–Kier alpha value is -2.82. The fraction of sp³-hybridized carbons (Fsp3) is 0.300. The summed E-state index contributed by atoms with van der Waals surface area (Å²) < 4.78 is 5.70. The van der Waals surface area contributed by atoms with E-state index in [-0.39, 0.29) is 24.3 Å². The molecule has 2 aromatic carbocycles. The predicted molar refractivity (Wildman–Crippen MR) is 94.4 cm³/mol. The molecule has 0 bridgehead atoms. The maximum Gasteiger partial charge on any atom is 0.266 e. The van der Waals surface area contributed by atoms with Crippen LogP contribution in [0.15, 0.2) is 48.5 Å². The predicted octanol–water partition coefficient (Wildman–Crippen LogP) is 2.97. The number of ether oxygens (including phenoxy) is 1. The Labute approximate surface area is 146 Å².